The maximum absolute atomic E-state index is 8.79. The molecular weight excluding hydrogens is 140 g/mol. The normalized spacial score (nSPS) is 19.4. The van der Waals surface area contributed by atoms with Gasteiger partial charge in [0.1, 0.15) is 0 Å². The van der Waals surface area contributed by atoms with Gasteiger partial charge in [0.15, 0.2) is 0 Å². The molecule has 0 bridgehead atoms. The maximum atomic E-state index is 8.79. The van der Waals surface area contributed by atoms with E-state index >= 15 is 0 Å². The van der Waals surface area contributed by atoms with Crippen LogP contribution in [0.3, 0.4) is 0 Å². The molecule has 1 heterocycles. The lowest BCUT2D eigenvalue weighted by molar-refractivity contribution is 0.0870. The fraction of sp³-hybridized carbons (Fsp3) is 1.00. The summed E-state index contributed by atoms with van der Waals surface area (Å²) >= 11 is 0. The Labute approximate surface area is 68.4 Å². The van der Waals surface area contributed by atoms with Gasteiger partial charge in [0, 0.05) is 31.7 Å². The van der Waals surface area contributed by atoms with Crippen LogP contribution in [0.5, 0.6) is 0 Å². The Balaban J connectivity index is 2.31. The highest BCUT2D eigenvalue weighted by molar-refractivity contribution is 4.85. The van der Waals surface area contributed by atoms with Crippen LogP contribution in [0.4, 0.5) is 0 Å². The molecule has 0 aromatic rings. The molecule has 2 N–H and O–H groups in total. The molecule has 0 atom stereocenters. The third-order valence-electron chi connectivity index (χ3n) is 2.25. The zero-order valence-electron chi connectivity index (χ0n) is 7.38. The minimum Gasteiger partial charge on any atom is -0.395 e. The highest BCUT2D eigenvalue weighted by Crippen LogP contribution is 2.08. The molecule has 0 aromatic carbocycles. The van der Waals surface area contributed by atoms with Crippen LogP contribution in [0.1, 0.15) is 13.8 Å². The molecule has 0 spiro atoms. The van der Waals surface area contributed by atoms with E-state index in [1.54, 1.807) is 0 Å². The fourth-order valence-corrected chi connectivity index (χ4v) is 1.49. The number of nitrogens with zero attached hydrogens (tertiary/aromatic N) is 1. The summed E-state index contributed by atoms with van der Waals surface area (Å²) in [6.45, 7) is 7.59. The molecule has 0 aliphatic carbocycles. The first-order valence-electron chi connectivity index (χ1n) is 4.33. The number of hydrogen-bond donors (Lipinski definition) is 2. The van der Waals surface area contributed by atoms with Gasteiger partial charge < -0.3 is 10.4 Å². The monoisotopic (exact) mass is 158 g/mol. The molecule has 0 amide bonds. The maximum Gasteiger partial charge on any atom is 0.0558 e. The van der Waals surface area contributed by atoms with E-state index in [1.807, 2.05) is 0 Å². The highest BCUT2D eigenvalue weighted by atomic mass is 16.3. The fourth-order valence-electron chi connectivity index (χ4n) is 1.49. The summed E-state index contributed by atoms with van der Waals surface area (Å²) in [5.41, 5.74) is 0. The van der Waals surface area contributed by atoms with Crippen molar-refractivity contribution in [3.8, 4) is 0 Å². The van der Waals surface area contributed by atoms with Crippen LogP contribution in [-0.4, -0.2) is 48.3 Å². The second-order valence-corrected chi connectivity index (χ2v) is 3.37. The predicted molar refractivity (Wildman–Crippen MR) is 45.6 cm³/mol. The molecule has 0 aromatic heterocycles. The van der Waals surface area contributed by atoms with Gasteiger partial charge in [-0.15, -0.1) is 0 Å². The number of aliphatic hydroxyl groups is 1. The SMILES string of the molecule is CC(C)N(CCO)C1CNC1. The lowest BCUT2D eigenvalue weighted by Crippen LogP contribution is -2.59. The smallest absolute Gasteiger partial charge is 0.0558 e. The Morgan fingerprint density at radius 2 is 2.18 bits per heavy atom. The summed E-state index contributed by atoms with van der Waals surface area (Å²) in [6, 6.07) is 1.20. The van der Waals surface area contributed by atoms with E-state index in [4.69, 9.17) is 5.11 Å². The molecule has 0 unspecified atom stereocenters. The van der Waals surface area contributed by atoms with Crippen LogP contribution < -0.4 is 5.32 Å². The van der Waals surface area contributed by atoms with Gasteiger partial charge in [-0.05, 0) is 13.8 Å². The number of nitrogens with one attached hydrogen (secondary N) is 1. The van der Waals surface area contributed by atoms with Crippen molar-refractivity contribution in [1.29, 1.82) is 0 Å². The first kappa shape index (κ1) is 8.97. The lowest BCUT2D eigenvalue weighted by Gasteiger charge is -2.40. The Morgan fingerprint density at radius 3 is 2.45 bits per heavy atom. The van der Waals surface area contributed by atoms with Gasteiger partial charge in [-0.2, -0.15) is 0 Å². The van der Waals surface area contributed by atoms with E-state index in [9.17, 15) is 0 Å². The lowest BCUT2D eigenvalue weighted by atomic mass is 10.1. The number of aliphatic hydroxyl groups excluding tert-OH is 1. The average Bonchev–Trinajstić information content (AvgIpc) is 1.82. The minimum atomic E-state index is 0.273. The van der Waals surface area contributed by atoms with Crippen molar-refractivity contribution in [1.82, 2.24) is 10.2 Å². The van der Waals surface area contributed by atoms with Crippen LogP contribution in [0.2, 0.25) is 0 Å². The third-order valence-corrected chi connectivity index (χ3v) is 2.25. The summed E-state index contributed by atoms with van der Waals surface area (Å²) < 4.78 is 0. The highest BCUT2D eigenvalue weighted by Gasteiger charge is 2.25. The third kappa shape index (κ3) is 2.15. The molecule has 3 heteroatoms. The summed E-state index contributed by atoms with van der Waals surface area (Å²) in [5, 5.41) is 12.0. The average molecular weight is 158 g/mol. The molecule has 1 saturated heterocycles. The minimum absolute atomic E-state index is 0.273. The molecule has 1 rings (SSSR count). The van der Waals surface area contributed by atoms with Gasteiger partial charge >= 0.3 is 0 Å². The second-order valence-electron chi connectivity index (χ2n) is 3.37. The Morgan fingerprint density at radius 1 is 1.55 bits per heavy atom. The molecule has 1 aliphatic rings. The molecule has 0 saturated carbocycles. The summed E-state index contributed by atoms with van der Waals surface area (Å²) in [7, 11) is 0. The van der Waals surface area contributed by atoms with Gasteiger partial charge in [0.2, 0.25) is 0 Å². The summed E-state index contributed by atoms with van der Waals surface area (Å²) in [5.74, 6) is 0. The predicted octanol–water partition coefficient (Wildman–Crippen LogP) is -0.339. The molecule has 0 radical (unpaired) electrons. The van der Waals surface area contributed by atoms with E-state index in [1.165, 1.54) is 0 Å². The van der Waals surface area contributed by atoms with E-state index in [0.717, 1.165) is 19.6 Å². The second kappa shape index (κ2) is 4.04. The Hall–Kier alpha value is -0.120. The van der Waals surface area contributed by atoms with E-state index in [-0.39, 0.29) is 6.61 Å². The van der Waals surface area contributed by atoms with E-state index in [2.05, 4.69) is 24.1 Å². The molecule has 11 heavy (non-hydrogen) atoms. The van der Waals surface area contributed by atoms with Crippen molar-refractivity contribution in [2.24, 2.45) is 0 Å². The zero-order valence-corrected chi connectivity index (χ0v) is 7.38. The van der Waals surface area contributed by atoms with E-state index in [0.29, 0.717) is 12.1 Å². The van der Waals surface area contributed by atoms with Crippen molar-refractivity contribution < 1.29 is 5.11 Å². The van der Waals surface area contributed by atoms with Crippen LogP contribution in [0.15, 0.2) is 0 Å². The van der Waals surface area contributed by atoms with Gasteiger partial charge in [-0.1, -0.05) is 0 Å². The van der Waals surface area contributed by atoms with Gasteiger partial charge in [-0.25, -0.2) is 0 Å². The Kier molecular flexibility index (Phi) is 3.30. The molecular formula is C8H18N2O. The molecule has 66 valence electrons. The van der Waals surface area contributed by atoms with Gasteiger partial charge in [0.05, 0.1) is 6.61 Å². The van der Waals surface area contributed by atoms with Crippen molar-refractivity contribution in [2.75, 3.05) is 26.2 Å². The first-order valence-corrected chi connectivity index (χ1v) is 4.33. The van der Waals surface area contributed by atoms with Crippen molar-refractivity contribution in [2.45, 2.75) is 25.9 Å². The molecule has 1 fully saturated rings. The van der Waals surface area contributed by atoms with Crippen molar-refractivity contribution >= 4 is 0 Å². The summed E-state index contributed by atoms with van der Waals surface area (Å²) in [6.07, 6.45) is 0. The van der Waals surface area contributed by atoms with Crippen molar-refractivity contribution in [3.05, 3.63) is 0 Å². The summed E-state index contributed by atoms with van der Waals surface area (Å²) in [4.78, 5) is 2.34. The molecule has 1 aliphatic heterocycles. The topological polar surface area (TPSA) is 35.5 Å². The van der Waals surface area contributed by atoms with Gasteiger partial charge in [0.25, 0.3) is 0 Å². The van der Waals surface area contributed by atoms with Gasteiger partial charge in [-0.3, -0.25) is 4.90 Å². The zero-order chi connectivity index (χ0) is 8.27. The van der Waals surface area contributed by atoms with Crippen LogP contribution in [-0.2, 0) is 0 Å². The van der Waals surface area contributed by atoms with E-state index < -0.39 is 0 Å². The largest absolute Gasteiger partial charge is 0.395 e. The van der Waals surface area contributed by atoms with Crippen LogP contribution in [0, 0.1) is 0 Å². The first-order chi connectivity index (χ1) is 5.25. The molecule has 3 nitrogen and oxygen atoms in total. The Bertz CT molecular complexity index is 113. The number of hydrogen-bond acceptors (Lipinski definition) is 3. The van der Waals surface area contributed by atoms with Crippen LogP contribution >= 0.6 is 0 Å². The van der Waals surface area contributed by atoms with Crippen molar-refractivity contribution in [3.63, 3.8) is 0 Å². The van der Waals surface area contributed by atoms with Crippen LogP contribution in [0.25, 0.3) is 0 Å². The standard InChI is InChI=1S/C8H18N2O/c1-7(2)10(3-4-11)8-5-9-6-8/h7-9,11H,3-6H2,1-2H3. The number of rotatable bonds is 4. The quantitative estimate of drug-likeness (QED) is 0.587.